The third-order valence-corrected chi connectivity index (χ3v) is 8.04. The van der Waals surface area contributed by atoms with Crippen LogP contribution in [0.4, 0.5) is 10.2 Å². The minimum absolute atomic E-state index is 0.0462. The fourth-order valence-electron chi connectivity index (χ4n) is 4.98. The molecule has 2 aromatic carbocycles. The van der Waals surface area contributed by atoms with Crippen LogP contribution in [0.15, 0.2) is 73.1 Å². The van der Waals surface area contributed by atoms with Gasteiger partial charge in [0.2, 0.25) is 0 Å². The maximum absolute atomic E-state index is 15.0. The predicted octanol–water partition coefficient (Wildman–Crippen LogP) is 5.92. The van der Waals surface area contributed by atoms with E-state index in [1.165, 1.54) is 24.5 Å². The normalized spacial score (nSPS) is 16.8. The number of anilines is 1. The lowest BCUT2D eigenvalue weighted by Gasteiger charge is -2.30. The van der Waals surface area contributed by atoms with Crippen molar-refractivity contribution in [2.45, 2.75) is 18.4 Å². The van der Waals surface area contributed by atoms with E-state index in [0.29, 0.717) is 52.3 Å². The van der Waals surface area contributed by atoms with Crippen molar-refractivity contribution in [2.75, 3.05) is 25.6 Å². The van der Waals surface area contributed by atoms with Gasteiger partial charge in [-0.05, 0) is 41.5 Å². The molecule has 40 heavy (non-hydrogen) atoms. The summed E-state index contributed by atoms with van der Waals surface area (Å²) in [5.74, 6) is 0.243. The molecule has 5 aromatic rings. The van der Waals surface area contributed by atoms with Crippen LogP contribution in [0.2, 0.25) is 0 Å². The molecule has 10 heteroatoms. The van der Waals surface area contributed by atoms with Crippen LogP contribution in [-0.2, 0) is 21.5 Å². The van der Waals surface area contributed by atoms with E-state index in [1.54, 1.807) is 24.5 Å². The second kappa shape index (κ2) is 10.6. The lowest BCUT2D eigenvalue weighted by molar-refractivity contribution is -0.136. The Bertz CT molecular complexity index is 1690. The van der Waals surface area contributed by atoms with Crippen LogP contribution >= 0.6 is 11.3 Å². The number of aromatic nitrogens is 3. The molecule has 1 atom stereocenters. The van der Waals surface area contributed by atoms with Crippen LogP contribution in [-0.4, -0.2) is 46.4 Å². The van der Waals surface area contributed by atoms with Crippen molar-refractivity contribution in [3.63, 3.8) is 0 Å². The monoisotopic (exact) mass is 556 g/mol. The highest BCUT2D eigenvalue weighted by Gasteiger charge is 2.38. The maximum Gasteiger partial charge on any atom is 0.307 e. The number of carbonyl (C=O) groups is 1. The molecule has 8 nitrogen and oxygen atoms in total. The zero-order chi connectivity index (χ0) is 27.7. The fourth-order valence-corrected chi connectivity index (χ4v) is 6.07. The molecule has 1 aliphatic rings. The molecule has 1 fully saturated rings. The Morgan fingerprint density at radius 2 is 2.02 bits per heavy atom. The number of halogens is 1. The summed E-state index contributed by atoms with van der Waals surface area (Å²) < 4.78 is 26.4. The number of thiophene rings is 1. The second-order valence-electron chi connectivity index (χ2n) is 9.56. The molecule has 1 aliphatic heterocycles. The molecule has 3 aromatic heterocycles. The molecular weight excluding hydrogens is 531 g/mol. The Morgan fingerprint density at radius 1 is 1.18 bits per heavy atom. The Labute approximate surface area is 233 Å². The number of nitrogens with one attached hydrogen (secondary N) is 1. The van der Waals surface area contributed by atoms with E-state index in [1.807, 2.05) is 42.5 Å². The number of pyridine rings is 1. The van der Waals surface area contributed by atoms with Crippen molar-refractivity contribution in [3.8, 4) is 27.6 Å². The van der Waals surface area contributed by atoms with Crippen LogP contribution in [0, 0.1) is 5.82 Å². The number of fused-ring (bicyclic) bond motifs is 1. The Kier molecular flexibility index (Phi) is 6.87. The molecule has 1 saturated heterocycles. The molecule has 2 N–H and O–H groups in total. The van der Waals surface area contributed by atoms with E-state index < -0.39 is 11.5 Å². The summed E-state index contributed by atoms with van der Waals surface area (Å²) >= 11 is 1.36. The Hall–Kier alpha value is -4.41. The first-order valence-electron chi connectivity index (χ1n) is 12.7. The van der Waals surface area contributed by atoms with E-state index in [0.717, 1.165) is 22.1 Å². The SMILES string of the molecule is COc1cccc(F)c1-c1cc2c(NC3(c4ccc(CC(=O)O)cc4)CCOC3)nc(-c3cccnc3)nc2s1. The molecule has 0 amide bonds. The number of benzene rings is 2. The molecule has 6 rings (SSSR count). The van der Waals surface area contributed by atoms with Crippen LogP contribution in [0.3, 0.4) is 0 Å². The number of rotatable bonds is 8. The van der Waals surface area contributed by atoms with Crippen LogP contribution in [0.5, 0.6) is 5.75 Å². The van der Waals surface area contributed by atoms with Gasteiger partial charge in [-0.1, -0.05) is 30.3 Å². The highest BCUT2D eigenvalue weighted by atomic mass is 32.1. The van der Waals surface area contributed by atoms with Gasteiger partial charge in [-0.2, -0.15) is 0 Å². The highest BCUT2D eigenvalue weighted by molar-refractivity contribution is 7.22. The van der Waals surface area contributed by atoms with Gasteiger partial charge in [0.1, 0.15) is 22.2 Å². The van der Waals surface area contributed by atoms with Gasteiger partial charge in [-0.3, -0.25) is 9.78 Å². The first-order chi connectivity index (χ1) is 19.5. The van der Waals surface area contributed by atoms with Crippen LogP contribution in [0.1, 0.15) is 17.5 Å². The number of carboxylic acids is 1. The van der Waals surface area contributed by atoms with Gasteiger partial charge in [-0.25, -0.2) is 14.4 Å². The minimum atomic E-state index is -0.879. The van der Waals surface area contributed by atoms with Crippen molar-refractivity contribution < 1.29 is 23.8 Å². The van der Waals surface area contributed by atoms with Crippen LogP contribution < -0.4 is 10.1 Å². The summed E-state index contributed by atoms with van der Waals surface area (Å²) in [6.45, 7) is 0.950. The number of nitrogens with zero attached hydrogens (tertiary/aromatic N) is 3. The summed E-state index contributed by atoms with van der Waals surface area (Å²) in [7, 11) is 1.52. The summed E-state index contributed by atoms with van der Waals surface area (Å²) in [6, 6.07) is 17.9. The van der Waals surface area contributed by atoms with Crippen molar-refractivity contribution >= 4 is 33.3 Å². The first kappa shape index (κ1) is 25.8. The number of methoxy groups -OCH3 is 1. The van der Waals surface area contributed by atoms with E-state index in [-0.39, 0.29) is 12.2 Å². The van der Waals surface area contributed by atoms with Gasteiger partial charge >= 0.3 is 5.97 Å². The number of ether oxygens (including phenoxy) is 2. The Morgan fingerprint density at radius 3 is 2.73 bits per heavy atom. The average Bonchev–Trinajstić information content (AvgIpc) is 3.61. The minimum Gasteiger partial charge on any atom is -0.496 e. The standard InChI is InChI=1S/C30H25FN4O4S/c1-38-23-6-2-5-22(31)26(23)24-15-21-28(33-27(34-29(21)40-24)19-4-3-12-32-16-19)35-30(11-13-39-17-30)20-9-7-18(8-10-20)14-25(36)37/h2-10,12,15-16H,11,13-14,17H2,1H3,(H,36,37)(H,33,34,35). The molecule has 0 aliphatic carbocycles. The van der Waals surface area contributed by atoms with Crippen LogP contribution in [0.25, 0.3) is 32.0 Å². The third-order valence-electron chi connectivity index (χ3n) is 7.00. The van der Waals surface area contributed by atoms with Gasteiger partial charge in [0.15, 0.2) is 5.82 Å². The zero-order valence-electron chi connectivity index (χ0n) is 21.6. The molecule has 1 unspecified atom stereocenters. The number of carboxylic acid groups (broad SMARTS) is 1. The van der Waals surface area contributed by atoms with E-state index in [4.69, 9.17) is 24.5 Å². The summed E-state index contributed by atoms with van der Waals surface area (Å²) in [5, 5.41) is 13.6. The third kappa shape index (κ3) is 4.87. The molecule has 0 radical (unpaired) electrons. The lowest BCUT2D eigenvalue weighted by atomic mass is 9.88. The zero-order valence-corrected chi connectivity index (χ0v) is 22.4. The van der Waals surface area contributed by atoms with E-state index >= 15 is 4.39 Å². The topological polar surface area (TPSA) is 106 Å². The molecule has 202 valence electrons. The quantitative estimate of drug-likeness (QED) is 0.243. The number of hydrogen-bond acceptors (Lipinski definition) is 8. The molecule has 4 heterocycles. The van der Waals surface area contributed by atoms with Gasteiger partial charge in [0.25, 0.3) is 0 Å². The smallest absolute Gasteiger partial charge is 0.307 e. The molecule has 0 saturated carbocycles. The van der Waals surface area contributed by atoms with Gasteiger partial charge in [0.05, 0.1) is 36.6 Å². The highest BCUT2D eigenvalue weighted by Crippen LogP contribution is 2.43. The average molecular weight is 557 g/mol. The largest absolute Gasteiger partial charge is 0.496 e. The summed E-state index contributed by atoms with van der Waals surface area (Å²) in [4.78, 5) is 26.5. The Balaban J connectivity index is 1.49. The van der Waals surface area contributed by atoms with Crippen molar-refractivity contribution in [3.05, 3.63) is 90.0 Å². The van der Waals surface area contributed by atoms with Crippen molar-refractivity contribution in [1.82, 2.24) is 15.0 Å². The second-order valence-corrected chi connectivity index (χ2v) is 10.6. The van der Waals surface area contributed by atoms with Crippen molar-refractivity contribution in [1.29, 1.82) is 0 Å². The lowest BCUT2D eigenvalue weighted by Crippen LogP contribution is -2.36. The molecule has 0 bridgehead atoms. The van der Waals surface area contributed by atoms with Gasteiger partial charge in [-0.15, -0.1) is 11.3 Å². The molecular formula is C30H25FN4O4S. The fraction of sp³-hybridized carbons (Fsp3) is 0.200. The number of aliphatic carboxylic acids is 1. The molecule has 0 spiro atoms. The summed E-state index contributed by atoms with van der Waals surface area (Å²) in [5.41, 5.74) is 2.19. The van der Waals surface area contributed by atoms with Gasteiger partial charge < -0.3 is 19.9 Å². The predicted molar refractivity (Wildman–Crippen MR) is 151 cm³/mol. The van der Waals surface area contributed by atoms with Gasteiger partial charge in [0, 0.05) is 35.9 Å². The van der Waals surface area contributed by atoms with E-state index in [9.17, 15) is 4.79 Å². The first-order valence-corrected chi connectivity index (χ1v) is 13.5. The van der Waals surface area contributed by atoms with Crippen molar-refractivity contribution in [2.24, 2.45) is 0 Å². The maximum atomic E-state index is 15.0. The summed E-state index contributed by atoms with van der Waals surface area (Å²) in [6.07, 6.45) is 4.02. The van der Waals surface area contributed by atoms with E-state index in [2.05, 4.69) is 10.3 Å². The number of hydrogen-bond donors (Lipinski definition) is 2.